The number of carbonyl (C=O) groups excluding carboxylic acids is 2. The summed E-state index contributed by atoms with van der Waals surface area (Å²) in [7, 11) is 0. The Labute approximate surface area is 159 Å². The van der Waals surface area contributed by atoms with Gasteiger partial charge in [0.25, 0.3) is 5.91 Å². The Bertz CT molecular complexity index is 1100. The summed E-state index contributed by atoms with van der Waals surface area (Å²) in [4.78, 5) is 35.0. The molecule has 0 aliphatic carbocycles. The summed E-state index contributed by atoms with van der Waals surface area (Å²) in [5, 5.41) is 3.64. The first-order valence-corrected chi connectivity index (χ1v) is 8.49. The molecule has 0 bridgehead atoms. The molecule has 7 heteroatoms. The van der Waals surface area contributed by atoms with Gasteiger partial charge in [0.1, 0.15) is 11.3 Å². The van der Waals surface area contributed by atoms with E-state index in [-0.39, 0.29) is 18.1 Å². The van der Waals surface area contributed by atoms with Crippen LogP contribution in [0, 0.1) is 6.92 Å². The summed E-state index contributed by atoms with van der Waals surface area (Å²) >= 11 is 6.20. The van der Waals surface area contributed by atoms with Gasteiger partial charge in [-0.15, -0.1) is 0 Å². The third kappa shape index (κ3) is 4.35. The van der Waals surface area contributed by atoms with E-state index in [4.69, 9.17) is 20.8 Å². The number of ketones is 1. The molecular formula is C20H16ClNO5. The number of halogens is 1. The molecule has 0 atom stereocenters. The number of amides is 1. The maximum absolute atomic E-state index is 12.1. The number of benzene rings is 2. The Balaban J connectivity index is 1.73. The van der Waals surface area contributed by atoms with E-state index in [0.717, 1.165) is 5.56 Å². The van der Waals surface area contributed by atoms with Crippen LogP contribution < -0.4 is 15.7 Å². The first-order chi connectivity index (χ1) is 12.8. The zero-order chi connectivity index (χ0) is 19.6. The lowest BCUT2D eigenvalue weighted by atomic mass is 10.1. The highest BCUT2D eigenvalue weighted by Crippen LogP contribution is 2.31. The quantitative estimate of drug-likeness (QED) is 0.530. The number of aryl methyl sites for hydroxylation is 1. The molecule has 3 rings (SSSR count). The molecule has 1 amide bonds. The molecule has 1 heterocycles. The van der Waals surface area contributed by atoms with Crippen LogP contribution in [0.4, 0.5) is 5.69 Å². The molecule has 2 aromatic carbocycles. The van der Waals surface area contributed by atoms with Crippen LogP contribution in [0.2, 0.25) is 5.02 Å². The van der Waals surface area contributed by atoms with Crippen molar-refractivity contribution in [1.29, 1.82) is 0 Å². The summed E-state index contributed by atoms with van der Waals surface area (Å²) in [5.74, 6) is -0.287. The van der Waals surface area contributed by atoms with Crippen molar-refractivity contribution in [1.82, 2.24) is 0 Å². The molecule has 27 heavy (non-hydrogen) atoms. The molecule has 0 radical (unpaired) electrons. The van der Waals surface area contributed by atoms with Gasteiger partial charge in [-0.05, 0) is 37.6 Å². The molecule has 1 N–H and O–H groups in total. The molecule has 0 fully saturated rings. The first kappa shape index (κ1) is 18.7. The van der Waals surface area contributed by atoms with Gasteiger partial charge in [0.15, 0.2) is 12.4 Å². The number of hydrogen-bond acceptors (Lipinski definition) is 5. The highest BCUT2D eigenvalue weighted by Gasteiger charge is 2.11. The number of carbonyl (C=O) groups is 2. The predicted octanol–water partition coefficient (Wildman–Crippen LogP) is 3.97. The second-order valence-electron chi connectivity index (χ2n) is 6.00. The molecule has 1 aromatic heterocycles. The number of fused-ring (bicyclic) bond motifs is 1. The topological polar surface area (TPSA) is 85.6 Å². The number of nitrogens with one attached hydrogen (secondary N) is 1. The minimum absolute atomic E-state index is 0.0953. The van der Waals surface area contributed by atoms with Crippen LogP contribution in [0.15, 0.2) is 51.7 Å². The highest BCUT2D eigenvalue weighted by atomic mass is 35.5. The van der Waals surface area contributed by atoms with Crippen LogP contribution in [0.1, 0.15) is 22.8 Å². The van der Waals surface area contributed by atoms with E-state index in [1.807, 2.05) is 0 Å². The minimum atomic E-state index is -0.476. The minimum Gasteiger partial charge on any atom is -0.482 e. The van der Waals surface area contributed by atoms with Crippen molar-refractivity contribution in [3.05, 3.63) is 69.0 Å². The first-order valence-electron chi connectivity index (χ1n) is 8.11. The van der Waals surface area contributed by atoms with Gasteiger partial charge in [-0.3, -0.25) is 9.59 Å². The van der Waals surface area contributed by atoms with Crippen molar-refractivity contribution in [2.75, 3.05) is 11.9 Å². The van der Waals surface area contributed by atoms with E-state index < -0.39 is 11.5 Å². The summed E-state index contributed by atoms with van der Waals surface area (Å²) in [6.45, 7) is 2.93. The molecule has 0 unspecified atom stereocenters. The Morgan fingerprint density at radius 2 is 1.96 bits per heavy atom. The Kier molecular flexibility index (Phi) is 5.28. The average Bonchev–Trinajstić information content (AvgIpc) is 2.61. The van der Waals surface area contributed by atoms with Crippen molar-refractivity contribution in [2.24, 2.45) is 0 Å². The van der Waals surface area contributed by atoms with Crippen molar-refractivity contribution in [3.63, 3.8) is 0 Å². The van der Waals surface area contributed by atoms with E-state index in [2.05, 4.69) is 5.32 Å². The monoisotopic (exact) mass is 385 g/mol. The van der Waals surface area contributed by atoms with E-state index >= 15 is 0 Å². The fraction of sp³-hybridized carbons (Fsp3) is 0.150. The highest BCUT2D eigenvalue weighted by molar-refractivity contribution is 6.32. The molecule has 0 saturated carbocycles. The largest absolute Gasteiger partial charge is 0.482 e. The SMILES string of the molecule is CC(=O)c1cccc(NC(=O)COc2cc3oc(=O)cc(C)c3cc2Cl)c1. The molecule has 3 aromatic rings. The van der Waals surface area contributed by atoms with Crippen molar-refractivity contribution < 1.29 is 18.7 Å². The molecule has 0 aliphatic rings. The van der Waals surface area contributed by atoms with Gasteiger partial charge in [-0.25, -0.2) is 4.79 Å². The third-order valence-corrected chi connectivity index (χ3v) is 4.21. The van der Waals surface area contributed by atoms with E-state index in [9.17, 15) is 14.4 Å². The molecular weight excluding hydrogens is 370 g/mol. The fourth-order valence-electron chi connectivity index (χ4n) is 2.59. The predicted molar refractivity (Wildman–Crippen MR) is 103 cm³/mol. The van der Waals surface area contributed by atoms with Crippen LogP contribution >= 0.6 is 11.6 Å². The van der Waals surface area contributed by atoms with E-state index in [1.165, 1.54) is 19.1 Å². The van der Waals surface area contributed by atoms with E-state index in [0.29, 0.717) is 27.2 Å². The number of hydrogen-bond donors (Lipinski definition) is 1. The fourth-order valence-corrected chi connectivity index (χ4v) is 2.80. The number of rotatable bonds is 5. The van der Waals surface area contributed by atoms with Crippen LogP contribution in [0.25, 0.3) is 11.0 Å². The summed E-state index contributed by atoms with van der Waals surface area (Å²) in [6, 6.07) is 11.1. The Morgan fingerprint density at radius 1 is 1.19 bits per heavy atom. The van der Waals surface area contributed by atoms with Gasteiger partial charge < -0.3 is 14.5 Å². The molecule has 138 valence electrons. The average molecular weight is 386 g/mol. The number of anilines is 1. The van der Waals surface area contributed by atoms with E-state index in [1.54, 1.807) is 37.3 Å². The molecule has 6 nitrogen and oxygen atoms in total. The van der Waals surface area contributed by atoms with Crippen LogP contribution in [-0.4, -0.2) is 18.3 Å². The maximum atomic E-state index is 12.1. The summed E-state index contributed by atoms with van der Waals surface area (Å²) < 4.78 is 10.6. The van der Waals surface area contributed by atoms with Crippen LogP contribution in [0.5, 0.6) is 5.75 Å². The van der Waals surface area contributed by atoms with Crippen molar-refractivity contribution in [3.8, 4) is 5.75 Å². The van der Waals surface area contributed by atoms with Gasteiger partial charge in [0.2, 0.25) is 0 Å². The normalized spacial score (nSPS) is 10.6. The zero-order valence-corrected chi connectivity index (χ0v) is 15.4. The lowest BCUT2D eigenvalue weighted by molar-refractivity contribution is -0.118. The van der Waals surface area contributed by atoms with Crippen molar-refractivity contribution in [2.45, 2.75) is 13.8 Å². The van der Waals surface area contributed by atoms with Gasteiger partial charge in [-0.2, -0.15) is 0 Å². The maximum Gasteiger partial charge on any atom is 0.336 e. The number of Topliss-reactive ketones (excluding diaryl/α,β-unsaturated/α-hetero) is 1. The molecule has 0 saturated heterocycles. The van der Waals surface area contributed by atoms with Crippen LogP contribution in [-0.2, 0) is 4.79 Å². The summed E-state index contributed by atoms with van der Waals surface area (Å²) in [5.41, 5.74) is 1.57. The second kappa shape index (κ2) is 7.63. The Hall–Kier alpha value is -3.12. The lowest BCUT2D eigenvalue weighted by Gasteiger charge is -2.10. The second-order valence-corrected chi connectivity index (χ2v) is 6.41. The van der Waals surface area contributed by atoms with Gasteiger partial charge in [0.05, 0.1) is 5.02 Å². The smallest absolute Gasteiger partial charge is 0.336 e. The zero-order valence-electron chi connectivity index (χ0n) is 14.7. The van der Waals surface area contributed by atoms with Gasteiger partial charge in [0, 0.05) is 28.8 Å². The van der Waals surface area contributed by atoms with Crippen molar-refractivity contribution >= 4 is 39.9 Å². The third-order valence-electron chi connectivity index (χ3n) is 3.92. The van der Waals surface area contributed by atoms with Gasteiger partial charge >= 0.3 is 5.63 Å². The number of ether oxygens (including phenoxy) is 1. The molecule has 0 spiro atoms. The summed E-state index contributed by atoms with van der Waals surface area (Å²) in [6.07, 6.45) is 0. The molecule has 0 aliphatic heterocycles. The van der Waals surface area contributed by atoms with Crippen LogP contribution in [0.3, 0.4) is 0 Å². The Morgan fingerprint density at radius 3 is 2.70 bits per heavy atom. The lowest BCUT2D eigenvalue weighted by Crippen LogP contribution is -2.20. The van der Waals surface area contributed by atoms with Gasteiger partial charge in [-0.1, -0.05) is 23.7 Å². The standard InChI is InChI=1S/C20H16ClNO5/c1-11-6-20(25)27-17-9-18(16(21)8-15(11)17)26-10-19(24)22-14-5-3-4-13(7-14)12(2)23/h3-9H,10H2,1-2H3,(H,22,24).